The Morgan fingerprint density at radius 2 is 1.43 bits per heavy atom. The van der Waals surface area contributed by atoms with Crippen LogP contribution >= 0.6 is 12.2 Å². The molecule has 6 nitrogen and oxygen atoms in total. The van der Waals surface area contributed by atoms with E-state index in [4.69, 9.17) is 12.2 Å². The summed E-state index contributed by atoms with van der Waals surface area (Å²) in [7, 11) is -3.98. The van der Waals surface area contributed by atoms with E-state index in [1.807, 2.05) is 37.3 Å². The first-order valence-corrected chi connectivity index (χ1v) is 11.1. The second-order valence-electron chi connectivity index (χ2n) is 6.56. The summed E-state index contributed by atoms with van der Waals surface area (Å²) < 4.78 is 27.0. The first kappa shape index (κ1) is 21.5. The fraction of sp³-hybridized carbons (Fsp3) is 0.0909. The maximum atomic E-state index is 12.5. The predicted molar refractivity (Wildman–Crippen MR) is 122 cm³/mol. The van der Waals surface area contributed by atoms with Crippen LogP contribution in [0.5, 0.6) is 0 Å². The van der Waals surface area contributed by atoms with Crippen LogP contribution in [0.15, 0.2) is 89.8 Å². The Balaban J connectivity index is 1.61. The van der Waals surface area contributed by atoms with Crippen LogP contribution in [-0.2, 0) is 10.0 Å². The Kier molecular flexibility index (Phi) is 6.81. The third-order valence-corrected chi connectivity index (χ3v) is 5.90. The van der Waals surface area contributed by atoms with Gasteiger partial charge in [0.2, 0.25) is 0 Å². The summed E-state index contributed by atoms with van der Waals surface area (Å²) >= 11 is 5.33. The maximum Gasteiger partial charge on any atom is 0.264 e. The highest BCUT2D eigenvalue weighted by Gasteiger charge is 2.18. The molecule has 0 aromatic heterocycles. The molecule has 30 heavy (non-hydrogen) atoms. The summed E-state index contributed by atoms with van der Waals surface area (Å²) in [5.41, 5.74) is 1.99. The molecule has 0 aliphatic rings. The monoisotopic (exact) mass is 439 g/mol. The van der Waals surface area contributed by atoms with Gasteiger partial charge in [-0.3, -0.25) is 4.79 Å². The molecule has 0 saturated carbocycles. The molecule has 3 rings (SSSR count). The topological polar surface area (TPSA) is 87.3 Å². The van der Waals surface area contributed by atoms with E-state index in [1.54, 1.807) is 42.5 Å². The number of sulfonamides is 1. The van der Waals surface area contributed by atoms with Gasteiger partial charge in [-0.25, -0.2) is 13.1 Å². The van der Waals surface area contributed by atoms with E-state index >= 15 is 0 Å². The molecule has 154 valence electrons. The summed E-state index contributed by atoms with van der Waals surface area (Å²) in [5, 5.41) is 6.62. The van der Waals surface area contributed by atoms with Crippen molar-refractivity contribution in [2.24, 2.45) is 0 Å². The molecule has 0 bridgehead atoms. The van der Waals surface area contributed by atoms with Crippen LogP contribution in [-0.4, -0.2) is 19.4 Å². The quantitative estimate of drug-likeness (QED) is 0.506. The number of nitrogens with one attached hydrogen (secondary N) is 3. The van der Waals surface area contributed by atoms with Crippen LogP contribution in [0.4, 0.5) is 5.69 Å². The van der Waals surface area contributed by atoms with Crippen molar-refractivity contribution in [1.82, 2.24) is 10.0 Å². The number of anilines is 1. The molecular formula is C22H21N3O3S2. The number of amides is 1. The Morgan fingerprint density at radius 3 is 2.03 bits per heavy atom. The van der Waals surface area contributed by atoms with Crippen LogP contribution in [0, 0.1) is 0 Å². The van der Waals surface area contributed by atoms with Crippen molar-refractivity contribution in [2.75, 3.05) is 5.32 Å². The molecule has 0 spiro atoms. The zero-order valence-electron chi connectivity index (χ0n) is 16.2. The minimum absolute atomic E-state index is 0.0130. The number of carbonyl (C=O) groups is 1. The smallest absolute Gasteiger partial charge is 0.264 e. The van der Waals surface area contributed by atoms with Crippen molar-refractivity contribution in [3.63, 3.8) is 0 Å². The lowest BCUT2D eigenvalue weighted by atomic mass is 10.1. The zero-order valence-corrected chi connectivity index (χ0v) is 17.8. The van der Waals surface area contributed by atoms with Crippen molar-refractivity contribution in [3.05, 3.63) is 96.1 Å². The van der Waals surface area contributed by atoms with Crippen LogP contribution in [0.3, 0.4) is 0 Å². The van der Waals surface area contributed by atoms with Gasteiger partial charge in [0.25, 0.3) is 15.9 Å². The molecule has 8 heteroatoms. The molecular weight excluding hydrogens is 418 g/mol. The van der Waals surface area contributed by atoms with Crippen LogP contribution in [0.2, 0.25) is 0 Å². The first-order chi connectivity index (χ1) is 14.3. The summed E-state index contributed by atoms with van der Waals surface area (Å²) in [6, 6.07) is 24.0. The normalized spacial score (nSPS) is 11.9. The molecule has 0 radical (unpaired) electrons. The van der Waals surface area contributed by atoms with Gasteiger partial charge in [-0.1, -0.05) is 48.5 Å². The molecule has 1 atom stereocenters. The average Bonchev–Trinajstić information content (AvgIpc) is 2.75. The van der Waals surface area contributed by atoms with E-state index in [2.05, 4.69) is 15.4 Å². The summed E-state index contributed by atoms with van der Waals surface area (Å²) in [5.74, 6) is -0.682. The van der Waals surface area contributed by atoms with Gasteiger partial charge < -0.3 is 10.6 Å². The number of benzene rings is 3. The number of carbonyl (C=O) groups excluding carboxylic acids is 1. The fourth-order valence-corrected chi connectivity index (χ4v) is 4.00. The Labute approximate surface area is 181 Å². The zero-order chi connectivity index (χ0) is 21.6. The second-order valence-corrected chi connectivity index (χ2v) is 8.65. The largest absolute Gasteiger partial charge is 0.356 e. The maximum absolute atomic E-state index is 12.5. The molecule has 0 saturated heterocycles. The number of hydrogen-bond donors (Lipinski definition) is 3. The second kappa shape index (κ2) is 9.51. The number of hydrogen-bond acceptors (Lipinski definition) is 4. The van der Waals surface area contributed by atoms with E-state index in [9.17, 15) is 13.2 Å². The standard InChI is InChI=1S/C22H21N3O3S2/c1-16(17-8-4-2-5-9-17)23-22(29)24-19-12-14-20(15-13-19)30(27,28)25-21(26)18-10-6-3-7-11-18/h2-16H,1H3,(H,25,26)(H2,23,24,29). The highest BCUT2D eigenvalue weighted by Crippen LogP contribution is 2.16. The van der Waals surface area contributed by atoms with Crippen molar-refractivity contribution < 1.29 is 13.2 Å². The third kappa shape index (κ3) is 5.65. The SMILES string of the molecule is CC(NC(=S)Nc1ccc(S(=O)(=O)NC(=O)c2ccccc2)cc1)c1ccccc1. The molecule has 0 aliphatic heterocycles. The van der Waals surface area contributed by atoms with Gasteiger partial charge in [0, 0.05) is 11.3 Å². The average molecular weight is 440 g/mol. The third-order valence-electron chi connectivity index (χ3n) is 4.33. The van der Waals surface area contributed by atoms with Crippen molar-refractivity contribution >= 4 is 38.9 Å². The van der Waals surface area contributed by atoms with Gasteiger partial charge in [-0.15, -0.1) is 0 Å². The van der Waals surface area contributed by atoms with Gasteiger partial charge in [-0.05, 0) is 61.1 Å². The molecule has 3 N–H and O–H groups in total. The van der Waals surface area contributed by atoms with E-state index < -0.39 is 15.9 Å². The highest BCUT2D eigenvalue weighted by atomic mass is 32.2. The summed E-state index contributed by atoms with van der Waals surface area (Å²) in [6.45, 7) is 1.99. The number of rotatable bonds is 6. The molecule has 1 amide bonds. The van der Waals surface area contributed by atoms with Gasteiger partial charge in [0.05, 0.1) is 10.9 Å². The lowest BCUT2D eigenvalue weighted by molar-refractivity contribution is 0.0981. The summed E-state index contributed by atoms with van der Waals surface area (Å²) in [4.78, 5) is 12.1. The van der Waals surface area contributed by atoms with Gasteiger partial charge >= 0.3 is 0 Å². The molecule has 3 aromatic carbocycles. The highest BCUT2D eigenvalue weighted by molar-refractivity contribution is 7.90. The van der Waals surface area contributed by atoms with Crippen LogP contribution < -0.4 is 15.4 Å². The lowest BCUT2D eigenvalue weighted by Gasteiger charge is -2.17. The fourth-order valence-electron chi connectivity index (χ4n) is 2.74. The Morgan fingerprint density at radius 1 is 0.867 bits per heavy atom. The minimum Gasteiger partial charge on any atom is -0.356 e. The van der Waals surface area contributed by atoms with Crippen molar-refractivity contribution in [2.45, 2.75) is 17.9 Å². The van der Waals surface area contributed by atoms with Gasteiger partial charge in [0.1, 0.15) is 0 Å². The Hall–Kier alpha value is -3.23. The Bertz CT molecular complexity index is 1120. The molecule has 3 aromatic rings. The first-order valence-electron chi connectivity index (χ1n) is 9.20. The molecule has 0 heterocycles. The summed E-state index contributed by atoms with van der Waals surface area (Å²) in [6.07, 6.45) is 0. The van der Waals surface area contributed by atoms with E-state index in [0.29, 0.717) is 10.8 Å². The predicted octanol–water partition coefficient (Wildman–Crippen LogP) is 3.85. The molecule has 1 unspecified atom stereocenters. The van der Waals surface area contributed by atoms with E-state index in [1.165, 1.54) is 12.1 Å². The molecule has 0 aliphatic carbocycles. The molecule has 0 fully saturated rings. The van der Waals surface area contributed by atoms with Gasteiger partial charge in [-0.2, -0.15) is 0 Å². The lowest BCUT2D eigenvalue weighted by Crippen LogP contribution is -2.31. The number of thiocarbonyl (C=S) groups is 1. The van der Waals surface area contributed by atoms with Crippen molar-refractivity contribution in [1.29, 1.82) is 0 Å². The van der Waals surface area contributed by atoms with E-state index in [-0.39, 0.29) is 16.5 Å². The van der Waals surface area contributed by atoms with Crippen molar-refractivity contribution in [3.8, 4) is 0 Å². The van der Waals surface area contributed by atoms with Gasteiger partial charge in [0.15, 0.2) is 5.11 Å². The van der Waals surface area contributed by atoms with Crippen LogP contribution in [0.25, 0.3) is 0 Å². The van der Waals surface area contributed by atoms with E-state index in [0.717, 1.165) is 5.56 Å². The van der Waals surface area contributed by atoms with Crippen LogP contribution in [0.1, 0.15) is 28.9 Å². The minimum atomic E-state index is -3.98.